The topological polar surface area (TPSA) is 64.6 Å². The molecular weight excluding hydrogens is 330 g/mol. The van der Waals surface area contributed by atoms with Crippen LogP contribution in [0.15, 0.2) is 54.6 Å². The van der Waals surface area contributed by atoms with Gasteiger partial charge < -0.3 is 14.8 Å². The van der Waals surface area contributed by atoms with Crippen molar-refractivity contribution in [2.45, 2.75) is 26.5 Å². The Morgan fingerprint density at radius 1 is 1.08 bits per heavy atom. The SMILES string of the molecule is COc1ccc(CNC(=O)[C@@H](C)OC(=O)/C=C/c2ccc(C)cc2)cc1. The highest BCUT2D eigenvalue weighted by Gasteiger charge is 2.16. The summed E-state index contributed by atoms with van der Waals surface area (Å²) in [6.45, 7) is 3.89. The lowest BCUT2D eigenvalue weighted by Crippen LogP contribution is -2.35. The summed E-state index contributed by atoms with van der Waals surface area (Å²) in [6, 6.07) is 15.1. The normalized spacial score (nSPS) is 11.8. The van der Waals surface area contributed by atoms with Crippen molar-refractivity contribution in [1.29, 1.82) is 0 Å². The number of rotatable bonds is 7. The molecule has 5 heteroatoms. The van der Waals surface area contributed by atoms with E-state index in [1.807, 2.05) is 55.5 Å². The van der Waals surface area contributed by atoms with Gasteiger partial charge in [0.05, 0.1) is 7.11 Å². The van der Waals surface area contributed by atoms with E-state index in [0.717, 1.165) is 22.4 Å². The zero-order chi connectivity index (χ0) is 18.9. The molecule has 0 heterocycles. The Morgan fingerprint density at radius 3 is 2.35 bits per heavy atom. The van der Waals surface area contributed by atoms with Crippen LogP contribution in [-0.2, 0) is 20.9 Å². The largest absolute Gasteiger partial charge is 0.497 e. The molecule has 2 rings (SSSR count). The molecule has 0 aliphatic carbocycles. The molecule has 136 valence electrons. The van der Waals surface area contributed by atoms with Gasteiger partial charge >= 0.3 is 5.97 Å². The summed E-state index contributed by atoms with van der Waals surface area (Å²) in [5, 5.41) is 2.74. The first-order chi connectivity index (χ1) is 12.5. The second-order valence-corrected chi connectivity index (χ2v) is 5.89. The van der Waals surface area contributed by atoms with Crippen molar-refractivity contribution in [3.63, 3.8) is 0 Å². The first kappa shape index (κ1) is 19.2. The van der Waals surface area contributed by atoms with Gasteiger partial charge in [-0.25, -0.2) is 4.79 Å². The van der Waals surface area contributed by atoms with Crippen molar-refractivity contribution in [2.75, 3.05) is 7.11 Å². The number of benzene rings is 2. The highest BCUT2D eigenvalue weighted by atomic mass is 16.5. The average Bonchev–Trinajstić information content (AvgIpc) is 2.66. The maximum Gasteiger partial charge on any atom is 0.331 e. The second kappa shape index (κ2) is 9.42. The zero-order valence-corrected chi connectivity index (χ0v) is 15.2. The molecule has 2 aromatic carbocycles. The van der Waals surface area contributed by atoms with Crippen LogP contribution in [0.2, 0.25) is 0 Å². The molecule has 0 radical (unpaired) electrons. The second-order valence-electron chi connectivity index (χ2n) is 5.89. The minimum Gasteiger partial charge on any atom is -0.497 e. The Kier molecular flexibility index (Phi) is 6.97. The number of hydrogen-bond donors (Lipinski definition) is 1. The van der Waals surface area contributed by atoms with Gasteiger partial charge in [-0.1, -0.05) is 42.0 Å². The van der Waals surface area contributed by atoms with Gasteiger partial charge in [-0.2, -0.15) is 0 Å². The molecular formula is C21H23NO4. The van der Waals surface area contributed by atoms with E-state index < -0.39 is 12.1 Å². The van der Waals surface area contributed by atoms with Gasteiger partial charge in [-0.05, 0) is 43.2 Å². The van der Waals surface area contributed by atoms with E-state index >= 15 is 0 Å². The molecule has 0 aliphatic heterocycles. The third kappa shape index (κ3) is 6.09. The van der Waals surface area contributed by atoms with Gasteiger partial charge in [0.2, 0.25) is 0 Å². The van der Waals surface area contributed by atoms with Crippen LogP contribution in [0.1, 0.15) is 23.6 Å². The molecule has 1 amide bonds. The molecule has 0 unspecified atom stereocenters. The third-order valence-electron chi connectivity index (χ3n) is 3.78. The van der Waals surface area contributed by atoms with E-state index in [9.17, 15) is 9.59 Å². The smallest absolute Gasteiger partial charge is 0.331 e. The van der Waals surface area contributed by atoms with Crippen LogP contribution in [-0.4, -0.2) is 25.1 Å². The monoisotopic (exact) mass is 353 g/mol. The lowest BCUT2D eigenvalue weighted by Gasteiger charge is -2.12. The van der Waals surface area contributed by atoms with Crippen molar-refractivity contribution in [3.8, 4) is 5.75 Å². The average molecular weight is 353 g/mol. The van der Waals surface area contributed by atoms with Crippen LogP contribution in [0, 0.1) is 6.92 Å². The molecule has 2 aromatic rings. The van der Waals surface area contributed by atoms with E-state index in [1.54, 1.807) is 20.1 Å². The number of ether oxygens (including phenoxy) is 2. The van der Waals surface area contributed by atoms with Crippen molar-refractivity contribution < 1.29 is 19.1 Å². The maximum absolute atomic E-state index is 12.0. The molecule has 0 saturated heterocycles. The molecule has 0 aromatic heterocycles. The Bertz CT molecular complexity index is 764. The molecule has 26 heavy (non-hydrogen) atoms. The van der Waals surface area contributed by atoms with E-state index in [-0.39, 0.29) is 5.91 Å². The number of esters is 1. The van der Waals surface area contributed by atoms with E-state index in [1.165, 1.54) is 6.08 Å². The lowest BCUT2D eigenvalue weighted by molar-refractivity contribution is -0.150. The number of carbonyl (C=O) groups is 2. The molecule has 0 aliphatic rings. The summed E-state index contributed by atoms with van der Waals surface area (Å²) in [7, 11) is 1.60. The fourth-order valence-corrected chi connectivity index (χ4v) is 2.19. The summed E-state index contributed by atoms with van der Waals surface area (Å²) in [5.41, 5.74) is 2.97. The Hall–Kier alpha value is -3.08. The van der Waals surface area contributed by atoms with E-state index in [0.29, 0.717) is 6.54 Å². The number of aryl methyl sites for hydroxylation is 1. The molecule has 1 atom stereocenters. The Morgan fingerprint density at radius 2 is 1.73 bits per heavy atom. The number of carbonyl (C=O) groups excluding carboxylic acids is 2. The van der Waals surface area contributed by atoms with E-state index in [4.69, 9.17) is 9.47 Å². The van der Waals surface area contributed by atoms with Gasteiger partial charge in [0, 0.05) is 12.6 Å². The summed E-state index contributed by atoms with van der Waals surface area (Å²) in [4.78, 5) is 23.9. The van der Waals surface area contributed by atoms with Crippen LogP contribution in [0.3, 0.4) is 0 Å². The Balaban J connectivity index is 1.79. The number of amides is 1. The van der Waals surface area contributed by atoms with Gasteiger partial charge in [-0.15, -0.1) is 0 Å². The van der Waals surface area contributed by atoms with Crippen LogP contribution in [0.25, 0.3) is 6.08 Å². The molecule has 0 fully saturated rings. The predicted molar refractivity (Wildman–Crippen MR) is 101 cm³/mol. The van der Waals surface area contributed by atoms with Crippen LogP contribution in [0.5, 0.6) is 5.75 Å². The molecule has 5 nitrogen and oxygen atoms in total. The number of hydrogen-bond acceptors (Lipinski definition) is 4. The highest BCUT2D eigenvalue weighted by molar-refractivity contribution is 5.90. The van der Waals surface area contributed by atoms with Crippen LogP contribution < -0.4 is 10.1 Å². The minimum absolute atomic E-state index is 0.349. The summed E-state index contributed by atoms with van der Waals surface area (Å²) >= 11 is 0. The lowest BCUT2D eigenvalue weighted by atomic mass is 10.1. The summed E-state index contributed by atoms with van der Waals surface area (Å²) < 4.78 is 10.2. The van der Waals surface area contributed by atoms with Crippen LogP contribution >= 0.6 is 0 Å². The van der Waals surface area contributed by atoms with E-state index in [2.05, 4.69) is 5.32 Å². The highest BCUT2D eigenvalue weighted by Crippen LogP contribution is 2.11. The van der Waals surface area contributed by atoms with Gasteiger partial charge in [-0.3, -0.25) is 4.79 Å². The van der Waals surface area contributed by atoms with Crippen molar-refractivity contribution >= 4 is 18.0 Å². The number of methoxy groups -OCH3 is 1. The summed E-state index contributed by atoms with van der Waals surface area (Å²) in [6.07, 6.45) is 2.10. The van der Waals surface area contributed by atoms with Crippen LogP contribution in [0.4, 0.5) is 0 Å². The summed E-state index contributed by atoms with van der Waals surface area (Å²) in [5.74, 6) is -0.154. The molecule has 0 spiro atoms. The first-order valence-corrected chi connectivity index (χ1v) is 8.34. The number of nitrogens with one attached hydrogen (secondary N) is 1. The first-order valence-electron chi connectivity index (χ1n) is 8.34. The van der Waals surface area contributed by atoms with Gasteiger partial charge in [0.25, 0.3) is 5.91 Å². The van der Waals surface area contributed by atoms with Gasteiger partial charge in [0.1, 0.15) is 5.75 Å². The van der Waals surface area contributed by atoms with Crippen molar-refractivity contribution in [2.24, 2.45) is 0 Å². The Labute approximate surface area is 153 Å². The van der Waals surface area contributed by atoms with Crippen molar-refractivity contribution in [3.05, 3.63) is 71.3 Å². The maximum atomic E-state index is 12.0. The minimum atomic E-state index is -0.872. The predicted octanol–water partition coefficient (Wildman–Crippen LogP) is 3.26. The molecule has 0 bridgehead atoms. The fraction of sp³-hybridized carbons (Fsp3) is 0.238. The van der Waals surface area contributed by atoms with Crippen molar-refractivity contribution in [1.82, 2.24) is 5.32 Å². The third-order valence-corrected chi connectivity index (χ3v) is 3.78. The quantitative estimate of drug-likeness (QED) is 0.613. The molecule has 1 N–H and O–H groups in total. The fourth-order valence-electron chi connectivity index (χ4n) is 2.19. The molecule has 0 saturated carbocycles. The zero-order valence-electron chi connectivity index (χ0n) is 15.2. The van der Waals surface area contributed by atoms with Gasteiger partial charge in [0.15, 0.2) is 6.10 Å². The standard InChI is InChI=1S/C21H23NO4/c1-15-4-6-17(7-5-15)10-13-20(23)26-16(2)21(24)22-14-18-8-11-19(25-3)12-9-18/h4-13,16H,14H2,1-3H3,(H,22,24)/b13-10+/t16-/m1/s1.